The molecule has 94 valence electrons. The maximum atomic E-state index is 5.73. The Bertz CT molecular complexity index is 351. The molecule has 1 aliphatic rings. The SMILES string of the molecule is CN1CCN(CCOc2cccc(Br)c2)CC1. The minimum Gasteiger partial charge on any atom is -0.492 e. The summed E-state index contributed by atoms with van der Waals surface area (Å²) in [5.41, 5.74) is 0. The van der Waals surface area contributed by atoms with Crippen LogP contribution in [0.1, 0.15) is 0 Å². The van der Waals surface area contributed by atoms with Crippen molar-refractivity contribution in [2.75, 3.05) is 46.4 Å². The lowest BCUT2D eigenvalue weighted by atomic mass is 10.3. The first-order valence-electron chi connectivity index (χ1n) is 6.03. The molecule has 3 nitrogen and oxygen atoms in total. The van der Waals surface area contributed by atoms with Crippen molar-refractivity contribution in [1.82, 2.24) is 9.80 Å². The fourth-order valence-corrected chi connectivity index (χ4v) is 2.30. The molecule has 0 atom stereocenters. The van der Waals surface area contributed by atoms with E-state index in [0.717, 1.165) is 49.6 Å². The Labute approximate surface area is 111 Å². The van der Waals surface area contributed by atoms with Crippen LogP contribution in [0.3, 0.4) is 0 Å². The highest BCUT2D eigenvalue weighted by Gasteiger charge is 2.12. The number of hydrogen-bond acceptors (Lipinski definition) is 3. The van der Waals surface area contributed by atoms with E-state index in [1.54, 1.807) is 0 Å². The molecule has 4 heteroatoms. The van der Waals surface area contributed by atoms with Gasteiger partial charge in [-0.15, -0.1) is 0 Å². The van der Waals surface area contributed by atoms with Crippen LogP contribution in [0.25, 0.3) is 0 Å². The molecule has 0 N–H and O–H groups in total. The van der Waals surface area contributed by atoms with Gasteiger partial charge in [-0.3, -0.25) is 4.90 Å². The molecule has 0 saturated carbocycles. The van der Waals surface area contributed by atoms with Gasteiger partial charge in [0.15, 0.2) is 0 Å². The standard InChI is InChI=1S/C13H19BrN2O/c1-15-5-7-16(8-6-15)9-10-17-13-4-2-3-12(14)11-13/h2-4,11H,5-10H2,1H3. The number of hydrogen-bond donors (Lipinski definition) is 0. The minimum absolute atomic E-state index is 0.764. The van der Waals surface area contributed by atoms with Gasteiger partial charge >= 0.3 is 0 Å². The Kier molecular flexibility index (Phi) is 4.83. The molecule has 1 aromatic rings. The predicted octanol–water partition coefficient (Wildman–Crippen LogP) is 2.08. The predicted molar refractivity (Wildman–Crippen MR) is 73.6 cm³/mol. The lowest BCUT2D eigenvalue weighted by Gasteiger charge is -2.32. The fraction of sp³-hybridized carbons (Fsp3) is 0.538. The van der Waals surface area contributed by atoms with Crippen LogP contribution in [-0.2, 0) is 0 Å². The van der Waals surface area contributed by atoms with Crippen molar-refractivity contribution in [1.29, 1.82) is 0 Å². The first-order valence-corrected chi connectivity index (χ1v) is 6.82. The highest BCUT2D eigenvalue weighted by Crippen LogP contribution is 2.17. The number of benzene rings is 1. The highest BCUT2D eigenvalue weighted by molar-refractivity contribution is 9.10. The smallest absolute Gasteiger partial charge is 0.120 e. The third-order valence-electron chi connectivity index (χ3n) is 3.07. The largest absolute Gasteiger partial charge is 0.492 e. The Hall–Kier alpha value is -0.580. The van der Waals surface area contributed by atoms with Gasteiger partial charge in [-0.05, 0) is 25.2 Å². The van der Waals surface area contributed by atoms with Gasteiger partial charge in [0.05, 0.1) is 0 Å². The Morgan fingerprint density at radius 1 is 1.24 bits per heavy atom. The van der Waals surface area contributed by atoms with Crippen molar-refractivity contribution in [3.8, 4) is 5.75 Å². The van der Waals surface area contributed by atoms with Crippen molar-refractivity contribution in [2.45, 2.75) is 0 Å². The molecule has 0 amide bonds. The van der Waals surface area contributed by atoms with Gasteiger partial charge in [0, 0.05) is 37.2 Å². The van der Waals surface area contributed by atoms with E-state index in [-0.39, 0.29) is 0 Å². The summed E-state index contributed by atoms with van der Waals surface area (Å²) >= 11 is 3.44. The number of nitrogens with zero attached hydrogens (tertiary/aromatic N) is 2. The van der Waals surface area contributed by atoms with Crippen LogP contribution in [-0.4, -0.2) is 56.2 Å². The third kappa shape index (κ3) is 4.30. The monoisotopic (exact) mass is 298 g/mol. The van der Waals surface area contributed by atoms with Gasteiger partial charge < -0.3 is 9.64 Å². The van der Waals surface area contributed by atoms with Crippen molar-refractivity contribution >= 4 is 15.9 Å². The van der Waals surface area contributed by atoms with Crippen LogP contribution < -0.4 is 4.74 Å². The summed E-state index contributed by atoms with van der Waals surface area (Å²) in [7, 11) is 2.18. The normalized spacial score (nSPS) is 18.2. The van der Waals surface area contributed by atoms with E-state index in [9.17, 15) is 0 Å². The fourth-order valence-electron chi connectivity index (χ4n) is 1.92. The average Bonchev–Trinajstić information content (AvgIpc) is 2.32. The van der Waals surface area contributed by atoms with E-state index in [0.29, 0.717) is 0 Å². The molecule has 0 unspecified atom stereocenters. The number of piperazine rings is 1. The zero-order valence-corrected chi connectivity index (χ0v) is 11.8. The second-order valence-corrected chi connectivity index (χ2v) is 5.37. The summed E-state index contributed by atoms with van der Waals surface area (Å²) in [5.74, 6) is 0.938. The second-order valence-electron chi connectivity index (χ2n) is 4.45. The Balaban J connectivity index is 1.69. The first kappa shape index (κ1) is 12.9. The van der Waals surface area contributed by atoms with E-state index in [2.05, 4.69) is 32.8 Å². The molecule has 0 bridgehead atoms. The van der Waals surface area contributed by atoms with Gasteiger partial charge in [-0.2, -0.15) is 0 Å². The van der Waals surface area contributed by atoms with Crippen LogP contribution >= 0.6 is 15.9 Å². The second kappa shape index (κ2) is 6.38. The van der Waals surface area contributed by atoms with Crippen LogP contribution in [0.5, 0.6) is 5.75 Å². The molecule has 1 fully saturated rings. The zero-order valence-electron chi connectivity index (χ0n) is 10.2. The molecule has 0 spiro atoms. The Morgan fingerprint density at radius 3 is 2.71 bits per heavy atom. The molecular formula is C13H19BrN2O. The van der Waals surface area contributed by atoms with Crippen molar-refractivity contribution < 1.29 is 4.74 Å². The maximum Gasteiger partial charge on any atom is 0.120 e. The van der Waals surface area contributed by atoms with Crippen molar-refractivity contribution in [3.63, 3.8) is 0 Å². The number of ether oxygens (including phenoxy) is 1. The highest BCUT2D eigenvalue weighted by atomic mass is 79.9. The van der Waals surface area contributed by atoms with E-state index < -0.39 is 0 Å². The van der Waals surface area contributed by atoms with Crippen LogP contribution in [0, 0.1) is 0 Å². The van der Waals surface area contributed by atoms with E-state index in [1.165, 1.54) is 0 Å². The zero-order chi connectivity index (χ0) is 12.1. The average molecular weight is 299 g/mol. The van der Waals surface area contributed by atoms with Gasteiger partial charge in [0.2, 0.25) is 0 Å². The number of likely N-dealkylation sites (N-methyl/N-ethyl adjacent to an activating group) is 1. The van der Waals surface area contributed by atoms with Gasteiger partial charge in [-0.1, -0.05) is 22.0 Å². The quantitative estimate of drug-likeness (QED) is 0.846. The molecule has 1 heterocycles. The Morgan fingerprint density at radius 2 is 2.00 bits per heavy atom. The van der Waals surface area contributed by atoms with Crippen LogP contribution in [0.4, 0.5) is 0 Å². The molecule has 0 aromatic heterocycles. The molecule has 1 aromatic carbocycles. The molecule has 0 radical (unpaired) electrons. The maximum absolute atomic E-state index is 5.73. The minimum atomic E-state index is 0.764. The van der Waals surface area contributed by atoms with Crippen LogP contribution in [0.2, 0.25) is 0 Å². The third-order valence-corrected chi connectivity index (χ3v) is 3.56. The summed E-state index contributed by atoms with van der Waals surface area (Å²) in [6.07, 6.45) is 0. The lowest BCUT2D eigenvalue weighted by molar-refractivity contribution is 0.133. The van der Waals surface area contributed by atoms with Crippen molar-refractivity contribution in [2.24, 2.45) is 0 Å². The summed E-state index contributed by atoms with van der Waals surface area (Å²) in [6.45, 7) is 6.41. The van der Waals surface area contributed by atoms with E-state index >= 15 is 0 Å². The summed E-state index contributed by atoms with van der Waals surface area (Å²) in [5, 5.41) is 0. The molecule has 2 rings (SSSR count). The molecule has 17 heavy (non-hydrogen) atoms. The van der Waals surface area contributed by atoms with E-state index in [1.807, 2.05) is 24.3 Å². The topological polar surface area (TPSA) is 15.7 Å². The molecule has 0 aliphatic carbocycles. The first-order chi connectivity index (χ1) is 8.24. The van der Waals surface area contributed by atoms with E-state index in [4.69, 9.17) is 4.74 Å². The number of rotatable bonds is 4. The molecule has 1 aliphatic heterocycles. The summed E-state index contributed by atoms with van der Waals surface area (Å²) in [6, 6.07) is 8.00. The summed E-state index contributed by atoms with van der Waals surface area (Å²) < 4.78 is 6.80. The number of halogens is 1. The van der Waals surface area contributed by atoms with Gasteiger partial charge in [0.25, 0.3) is 0 Å². The molecular weight excluding hydrogens is 280 g/mol. The summed E-state index contributed by atoms with van der Waals surface area (Å²) in [4.78, 5) is 4.82. The van der Waals surface area contributed by atoms with Crippen molar-refractivity contribution in [3.05, 3.63) is 28.7 Å². The van der Waals surface area contributed by atoms with Gasteiger partial charge in [-0.25, -0.2) is 0 Å². The van der Waals surface area contributed by atoms with Crippen LogP contribution in [0.15, 0.2) is 28.7 Å². The van der Waals surface area contributed by atoms with Gasteiger partial charge in [0.1, 0.15) is 12.4 Å². The molecule has 1 saturated heterocycles. The lowest BCUT2D eigenvalue weighted by Crippen LogP contribution is -2.45.